The van der Waals surface area contributed by atoms with E-state index in [-0.39, 0.29) is 5.91 Å². The van der Waals surface area contributed by atoms with Gasteiger partial charge < -0.3 is 9.88 Å². The molecule has 88 valence electrons. The topological polar surface area (TPSA) is 34.0 Å². The third-order valence-electron chi connectivity index (χ3n) is 2.35. The van der Waals surface area contributed by atoms with Crippen LogP contribution in [0.3, 0.4) is 0 Å². The molecule has 1 aromatic carbocycles. The first-order valence-electron chi connectivity index (χ1n) is 4.95. The van der Waals surface area contributed by atoms with E-state index in [2.05, 4.69) is 21.2 Å². The zero-order valence-corrected chi connectivity index (χ0v) is 11.4. The second-order valence-corrected chi connectivity index (χ2v) is 4.87. The predicted octanol–water partition coefficient (Wildman–Crippen LogP) is 3.69. The van der Waals surface area contributed by atoms with E-state index in [1.807, 2.05) is 19.3 Å². The fraction of sp³-hybridized carbons (Fsp3) is 0.0833. The number of nitrogens with zero attached hydrogens (tertiary/aromatic N) is 1. The quantitative estimate of drug-likeness (QED) is 0.901. The SMILES string of the molecule is Cn1cccc1C(=O)Nc1cc(Cl)ccc1Br. The van der Waals surface area contributed by atoms with Crippen molar-refractivity contribution in [2.45, 2.75) is 0 Å². The summed E-state index contributed by atoms with van der Waals surface area (Å²) in [4.78, 5) is 12.0. The molecule has 0 saturated heterocycles. The smallest absolute Gasteiger partial charge is 0.272 e. The molecule has 0 bridgehead atoms. The van der Waals surface area contributed by atoms with Crippen LogP contribution in [0.5, 0.6) is 0 Å². The van der Waals surface area contributed by atoms with Gasteiger partial charge in [0, 0.05) is 22.7 Å². The van der Waals surface area contributed by atoms with Crippen molar-refractivity contribution in [3.05, 3.63) is 51.7 Å². The minimum atomic E-state index is -0.166. The number of carbonyl (C=O) groups is 1. The fourth-order valence-corrected chi connectivity index (χ4v) is 1.99. The number of benzene rings is 1. The molecule has 0 fully saturated rings. The van der Waals surface area contributed by atoms with Gasteiger partial charge in [0.05, 0.1) is 5.69 Å². The van der Waals surface area contributed by atoms with Crippen molar-refractivity contribution >= 4 is 39.1 Å². The summed E-state index contributed by atoms with van der Waals surface area (Å²) in [6.07, 6.45) is 1.82. The zero-order valence-electron chi connectivity index (χ0n) is 9.08. The molecule has 1 aromatic heterocycles. The third-order valence-corrected chi connectivity index (χ3v) is 3.28. The van der Waals surface area contributed by atoms with Gasteiger partial charge in [0.25, 0.3) is 5.91 Å². The first-order valence-corrected chi connectivity index (χ1v) is 6.13. The molecule has 1 N–H and O–H groups in total. The number of aryl methyl sites for hydroxylation is 1. The number of hydrogen-bond acceptors (Lipinski definition) is 1. The summed E-state index contributed by atoms with van der Waals surface area (Å²) in [6.45, 7) is 0. The number of hydrogen-bond donors (Lipinski definition) is 1. The lowest BCUT2D eigenvalue weighted by molar-refractivity contribution is 0.101. The number of carbonyl (C=O) groups excluding carboxylic acids is 1. The highest BCUT2D eigenvalue weighted by Gasteiger charge is 2.10. The predicted molar refractivity (Wildman–Crippen MR) is 72.5 cm³/mol. The van der Waals surface area contributed by atoms with Gasteiger partial charge in [0.1, 0.15) is 5.69 Å². The summed E-state index contributed by atoms with van der Waals surface area (Å²) in [5.41, 5.74) is 1.25. The van der Waals surface area contributed by atoms with Crippen molar-refractivity contribution in [3.8, 4) is 0 Å². The van der Waals surface area contributed by atoms with Crippen LogP contribution in [0.4, 0.5) is 5.69 Å². The number of halogens is 2. The Morgan fingerprint density at radius 1 is 1.41 bits per heavy atom. The Hall–Kier alpha value is -1.26. The van der Waals surface area contributed by atoms with Crippen LogP contribution in [-0.4, -0.2) is 10.5 Å². The molecule has 5 heteroatoms. The summed E-state index contributed by atoms with van der Waals surface area (Å²) < 4.78 is 2.55. The standard InChI is InChI=1S/C12H10BrClN2O/c1-16-6-2-3-11(16)12(17)15-10-7-8(14)4-5-9(10)13/h2-7H,1H3,(H,15,17). The van der Waals surface area contributed by atoms with Crippen LogP contribution in [0, 0.1) is 0 Å². The summed E-state index contributed by atoms with van der Waals surface area (Å²) in [6, 6.07) is 8.83. The van der Waals surface area contributed by atoms with Crippen LogP contribution in [0.15, 0.2) is 41.0 Å². The van der Waals surface area contributed by atoms with Crippen LogP contribution < -0.4 is 5.32 Å². The lowest BCUT2D eigenvalue weighted by Crippen LogP contribution is -2.15. The van der Waals surface area contributed by atoms with Crippen molar-refractivity contribution in [2.75, 3.05) is 5.32 Å². The molecule has 0 aliphatic heterocycles. The van der Waals surface area contributed by atoms with E-state index >= 15 is 0 Å². The van der Waals surface area contributed by atoms with E-state index in [1.54, 1.807) is 28.8 Å². The number of aromatic nitrogens is 1. The second kappa shape index (κ2) is 4.94. The minimum absolute atomic E-state index is 0.166. The highest BCUT2D eigenvalue weighted by atomic mass is 79.9. The summed E-state index contributed by atoms with van der Waals surface area (Å²) in [5.74, 6) is -0.166. The zero-order chi connectivity index (χ0) is 12.4. The summed E-state index contributed by atoms with van der Waals surface area (Å²) >= 11 is 9.24. The van der Waals surface area contributed by atoms with E-state index in [0.29, 0.717) is 16.4 Å². The Balaban J connectivity index is 2.24. The van der Waals surface area contributed by atoms with E-state index in [0.717, 1.165) is 4.47 Å². The molecule has 2 aromatic rings. The summed E-state index contributed by atoms with van der Waals surface area (Å²) in [5, 5.41) is 3.38. The van der Waals surface area contributed by atoms with Gasteiger partial charge in [0.2, 0.25) is 0 Å². The molecule has 0 spiro atoms. The van der Waals surface area contributed by atoms with Gasteiger partial charge in [-0.15, -0.1) is 0 Å². The largest absolute Gasteiger partial charge is 0.347 e. The molecular formula is C12H10BrClN2O. The van der Waals surface area contributed by atoms with Crippen LogP contribution in [0.1, 0.15) is 10.5 Å². The first kappa shape index (κ1) is 12.2. The number of nitrogens with one attached hydrogen (secondary N) is 1. The number of anilines is 1. The highest BCUT2D eigenvalue weighted by Crippen LogP contribution is 2.26. The molecule has 0 aliphatic carbocycles. The number of rotatable bonds is 2. The molecular weight excluding hydrogens is 304 g/mol. The van der Waals surface area contributed by atoms with Gasteiger partial charge >= 0.3 is 0 Å². The maximum atomic E-state index is 12.0. The Morgan fingerprint density at radius 3 is 2.82 bits per heavy atom. The van der Waals surface area contributed by atoms with Crippen LogP contribution >= 0.6 is 27.5 Å². The highest BCUT2D eigenvalue weighted by molar-refractivity contribution is 9.10. The molecule has 3 nitrogen and oxygen atoms in total. The van der Waals surface area contributed by atoms with E-state index in [4.69, 9.17) is 11.6 Å². The fourth-order valence-electron chi connectivity index (χ4n) is 1.48. The maximum absolute atomic E-state index is 12.0. The number of amides is 1. The molecule has 17 heavy (non-hydrogen) atoms. The van der Waals surface area contributed by atoms with Gasteiger partial charge in [0.15, 0.2) is 0 Å². The average Bonchev–Trinajstić information content (AvgIpc) is 2.70. The minimum Gasteiger partial charge on any atom is -0.347 e. The van der Waals surface area contributed by atoms with E-state index in [9.17, 15) is 4.79 Å². The molecule has 0 saturated carbocycles. The van der Waals surface area contributed by atoms with Crippen molar-refractivity contribution < 1.29 is 4.79 Å². The Morgan fingerprint density at radius 2 is 2.18 bits per heavy atom. The van der Waals surface area contributed by atoms with Gasteiger partial charge in [-0.25, -0.2) is 0 Å². The Bertz CT molecular complexity index is 565. The average molecular weight is 314 g/mol. The Kier molecular flexibility index (Phi) is 3.54. The van der Waals surface area contributed by atoms with Gasteiger partial charge in [-0.3, -0.25) is 4.79 Å². The molecule has 1 heterocycles. The lowest BCUT2D eigenvalue weighted by Gasteiger charge is -2.08. The molecule has 2 rings (SSSR count). The molecule has 0 unspecified atom stereocenters. The van der Waals surface area contributed by atoms with E-state index < -0.39 is 0 Å². The van der Waals surface area contributed by atoms with Crippen molar-refractivity contribution in [1.82, 2.24) is 4.57 Å². The van der Waals surface area contributed by atoms with Crippen molar-refractivity contribution in [3.63, 3.8) is 0 Å². The first-order chi connectivity index (χ1) is 8.08. The van der Waals surface area contributed by atoms with Crippen LogP contribution in [-0.2, 0) is 7.05 Å². The molecule has 0 atom stereocenters. The molecule has 0 aliphatic rings. The monoisotopic (exact) mass is 312 g/mol. The van der Waals surface area contributed by atoms with E-state index in [1.165, 1.54) is 0 Å². The maximum Gasteiger partial charge on any atom is 0.272 e. The third kappa shape index (κ3) is 2.70. The molecule has 0 radical (unpaired) electrons. The summed E-state index contributed by atoms with van der Waals surface area (Å²) in [7, 11) is 1.82. The Labute approximate surface area is 113 Å². The van der Waals surface area contributed by atoms with Crippen LogP contribution in [0.25, 0.3) is 0 Å². The second-order valence-electron chi connectivity index (χ2n) is 3.58. The van der Waals surface area contributed by atoms with Gasteiger partial charge in [-0.2, -0.15) is 0 Å². The normalized spacial score (nSPS) is 10.3. The van der Waals surface area contributed by atoms with Crippen LogP contribution in [0.2, 0.25) is 5.02 Å². The molecule has 1 amide bonds. The lowest BCUT2D eigenvalue weighted by atomic mass is 10.3. The van der Waals surface area contributed by atoms with Gasteiger partial charge in [-0.1, -0.05) is 11.6 Å². The van der Waals surface area contributed by atoms with Crippen molar-refractivity contribution in [2.24, 2.45) is 7.05 Å². The van der Waals surface area contributed by atoms with Crippen molar-refractivity contribution in [1.29, 1.82) is 0 Å². The van der Waals surface area contributed by atoms with Gasteiger partial charge in [-0.05, 0) is 46.3 Å².